The van der Waals surface area contributed by atoms with Crippen LogP contribution in [0, 0.1) is 12.7 Å². The molecular formula is C18H20FN3O3. The van der Waals surface area contributed by atoms with Gasteiger partial charge in [-0.3, -0.25) is 9.59 Å². The Morgan fingerprint density at radius 3 is 3.00 bits per heavy atom. The first kappa shape index (κ1) is 17.1. The molecule has 1 aromatic heterocycles. The molecule has 0 radical (unpaired) electrons. The predicted octanol–water partition coefficient (Wildman–Crippen LogP) is 2.22. The molecule has 7 heteroatoms. The lowest BCUT2D eigenvalue weighted by Crippen LogP contribution is -2.37. The second-order valence-electron chi connectivity index (χ2n) is 6.19. The van der Waals surface area contributed by atoms with E-state index in [1.807, 2.05) is 6.92 Å². The lowest BCUT2D eigenvalue weighted by Gasteiger charge is -2.17. The monoisotopic (exact) mass is 345 g/mol. The highest BCUT2D eigenvalue weighted by atomic mass is 19.1. The van der Waals surface area contributed by atoms with E-state index >= 15 is 0 Å². The third kappa shape index (κ3) is 3.70. The molecular weight excluding hydrogens is 325 g/mol. The number of carbonyl (C=O) groups excluding carboxylic acids is 2. The molecule has 2 heterocycles. The molecule has 25 heavy (non-hydrogen) atoms. The van der Waals surface area contributed by atoms with Crippen LogP contribution >= 0.6 is 0 Å². The zero-order chi connectivity index (χ0) is 18.0. The maximum atomic E-state index is 13.3. The molecule has 0 aliphatic carbocycles. The van der Waals surface area contributed by atoms with Crippen molar-refractivity contribution in [1.29, 1.82) is 0 Å². The summed E-state index contributed by atoms with van der Waals surface area (Å²) in [5.41, 5.74) is 1.78. The van der Waals surface area contributed by atoms with Gasteiger partial charge in [-0.15, -0.1) is 0 Å². The summed E-state index contributed by atoms with van der Waals surface area (Å²) in [6.45, 7) is 4.31. The smallest absolute Gasteiger partial charge is 0.257 e. The highest BCUT2D eigenvalue weighted by Gasteiger charge is 2.32. The first-order valence-corrected chi connectivity index (χ1v) is 8.26. The molecule has 2 amide bonds. The Labute approximate surface area is 145 Å². The second kappa shape index (κ2) is 7.04. The Morgan fingerprint density at radius 2 is 2.28 bits per heavy atom. The van der Waals surface area contributed by atoms with Crippen LogP contribution in [0.5, 0.6) is 0 Å². The number of carbonyl (C=O) groups is 2. The van der Waals surface area contributed by atoms with Gasteiger partial charge in [0.15, 0.2) is 0 Å². The van der Waals surface area contributed by atoms with E-state index < -0.39 is 0 Å². The molecule has 3 rings (SSSR count). The summed E-state index contributed by atoms with van der Waals surface area (Å²) in [6.07, 6.45) is 0.822. The van der Waals surface area contributed by atoms with Crippen LogP contribution in [0.1, 0.15) is 40.7 Å². The predicted molar refractivity (Wildman–Crippen MR) is 88.3 cm³/mol. The molecule has 2 aromatic rings. The molecule has 0 spiro atoms. The number of hydrogen-bond acceptors (Lipinski definition) is 4. The van der Waals surface area contributed by atoms with Crippen molar-refractivity contribution in [3.63, 3.8) is 0 Å². The number of likely N-dealkylation sites (tertiary alicyclic amines) is 1. The number of rotatable bonds is 5. The molecule has 1 atom stereocenters. The summed E-state index contributed by atoms with van der Waals surface area (Å²) in [7, 11) is 0. The molecule has 6 nitrogen and oxygen atoms in total. The van der Waals surface area contributed by atoms with Gasteiger partial charge in [0.05, 0.1) is 11.7 Å². The van der Waals surface area contributed by atoms with Gasteiger partial charge in [0.1, 0.15) is 17.1 Å². The average Bonchev–Trinajstić information content (AvgIpc) is 3.10. The molecule has 1 aliphatic rings. The van der Waals surface area contributed by atoms with Gasteiger partial charge in [-0.25, -0.2) is 4.39 Å². The number of nitrogens with one attached hydrogen (secondary N) is 1. The van der Waals surface area contributed by atoms with Crippen molar-refractivity contribution in [2.45, 2.75) is 39.3 Å². The van der Waals surface area contributed by atoms with Crippen molar-refractivity contribution >= 4 is 11.8 Å². The topological polar surface area (TPSA) is 75.4 Å². The van der Waals surface area contributed by atoms with Gasteiger partial charge in [-0.05, 0) is 31.0 Å². The number of hydrogen-bond donors (Lipinski definition) is 1. The van der Waals surface area contributed by atoms with Crippen molar-refractivity contribution in [3.8, 4) is 0 Å². The number of nitrogens with zero attached hydrogens (tertiary/aromatic N) is 2. The maximum absolute atomic E-state index is 13.3. The second-order valence-corrected chi connectivity index (χ2v) is 6.19. The van der Waals surface area contributed by atoms with Gasteiger partial charge in [0.25, 0.3) is 5.91 Å². The standard InChI is InChI=1S/C18H20FN3O3/c1-3-15-17(11(2)25-21-15)18(24)20-14-8-16(23)22(10-14)9-12-5-4-6-13(19)7-12/h4-7,14H,3,8-10H2,1-2H3,(H,20,24)/t14-/m0/s1. The van der Waals surface area contributed by atoms with Crippen molar-refractivity contribution < 1.29 is 18.5 Å². The van der Waals surface area contributed by atoms with E-state index in [2.05, 4.69) is 10.5 Å². The molecule has 132 valence electrons. The number of aromatic nitrogens is 1. The summed E-state index contributed by atoms with van der Waals surface area (Å²) < 4.78 is 18.4. The zero-order valence-corrected chi connectivity index (χ0v) is 14.2. The van der Waals surface area contributed by atoms with Crippen LogP contribution in [0.4, 0.5) is 4.39 Å². The molecule has 1 aromatic carbocycles. The van der Waals surface area contributed by atoms with Crippen LogP contribution in [0.25, 0.3) is 0 Å². The summed E-state index contributed by atoms with van der Waals surface area (Å²) in [6, 6.07) is 5.88. The quantitative estimate of drug-likeness (QED) is 0.901. The molecule has 1 N–H and O–H groups in total. The normalized spacial score (nSPS) is 17.2. The van der Waals surface area contributed by atoms with Crippen LogP contribution < -0.4 is 5.32 Å². The Hall–Kier alpha value is -2.70. The number of amides is 2. The fourth-order valence-electron chi connectivity index (χ4n) is 3.09. The van der Waals surface area contributed by atoms with Crippen LogP contribution in [0.15, 0.2) is 28.8 Å². The number of aryl methyl sites for hydroxylation is 2. The van der Waals surface area contributed by atoms with Crippen LogP contribution in [0.2, 0.25) is 0 Å². The van der Waals surface area contributed by atoms with E-state index in [0.29, 0.717) is 36.5 Å². The Bertz CT molecular complexity index is 803. The van der Waals surface area contributed by atoms with Gasteiger partial charge in [0.2, 0.25) is 5.91 Å². The van der Waals surface area contributed by atoms with Gasteiger partial charge in [-0.1, -0.05) is 24.2 Å². The highest BCUT2D eigenvalue weighted by Crippen LogP contribution is 2.18. The van der Waals surface area contributed by atoms with Gasteiger partial charge >= 0.3 is 0 Å². The first-order chi connectivity index (χ1) is 12.0. The summed E-state index contributed by atoms with van der Waals surface area (Å²) in [4.78, 5) is 26.3. The zero-order valence-electron chi connectivity index (χ0n) is 14.2. The van der Waals surface area contributed by atoms with Crippen molar-refractivity contribution in [2.24, 2.45) is 0 Å². The summed E-state index contributed by atoms with van der Waals surface area (Å²) in [5.74, 6) is -0.201. The highest BCUT2D eigenvalue weighted by molar-refractivity contribution is 5.97. The van der Waals surface area contributed by atoms with E-state index in [1.165, 1.54) is 12.1 Å². The lowest BCUT2D eigenvalue weighted by atomic mass is 10.1. The number of halogens is 1. The largest absolute Gasteiger partial charge is 0.361 e. The molecule has 1 fully saturated rings. The van der Waals surface area contributed by atoms with Crippen molar-refractivity contribution in [3.05, 3.63) is 52.7 Å². The van der Waals surface area contributed by atoms with Crippen LogP contribution in [0.3, 0.4) is 0 Å². The third-order valence-corrected chi connectivity index (χ3v) is 4.31. The number of benzene rings is 1. The Kier molecular flexibility index (Phi) is 4.83. The molecule has 1 saturated heterocycles. The van der Waals surface area contributed by atoms with Crippen molar-refractivity contribution in [2.75, 3.05) is 6.54 Å². The minimum atomic E-state index is -0.330. The minimum absolute atomic E-state index is 0.0627. The third-order valence-electron chi connectivity index (χ3n) is 4.31. The van der Waals surface area contributed by atoms with Gasteiger partial charge < -0.3 is 14.7 Å². The first-order valence-electron chi connectivity index (χ1n) is 8.26. The molecule has 0 bridgehead atoms. The maximum Gasteiger partial charge on any atom is 0.257 e. The van der Waals surface area contributed by atoms with E-state index in [4.69, 9.17) is 4.52 Å². The molecule has 1 aliphatic heterocycles. The lowest BCUT2D eigenvalue weighted by molar-refractivity contribution is -0.128. The van der Waals surface area contributed by atoms with E-state index in [-0.39, 0.29) is 30.1 Å². The van der Waals surface area contributed by atoms with Gasteiger partial charge in [-0.2, -0.15) is 0 Å². The van der Waals surface area contributed by atoms with E-state index in [9.17, 15) is 14.0 Å². The SMILES string of the molecule is CCc1noc(C)c1C(=O)N[C@H]1CC(=O)N(Cc2cccc(F)c2)C1. The van der Waals surface area contributed by atoms with Crippen LogP contribution in [-0.2, 0) is 17.8 Å². The summed E-state index contributed by atoms with van der Waals surface area (Å²) in [5, 5.41) is 6.75. The average molecular weight is 345 g/mol. The van der Waals surface area contributed by atoms with E-state index in [0.717, 1.165) is 5.56 Å². The Balaban J connectivity index is 1.64. The minimum Gasteiger partial charge on any atom is -0.361 e. The van der Waals surface area contributed by atoms with Crippen LogP contribution in [-0.4, -0.2) is 34.5 Å². The Morgan fingerprint density at radius 1 is 1.48 bits per heavy atom. The fraction of sp³-hybridized carbons (Fsp3) is 0.389. The molecule has 0 unspecified atom stereocenters. The van der Waals surface area contributed by atoms with E-state index in [1.54, 1.807) is 24.0 Å². The molecule has 0 saturated carbocycles. The fourth-order valence-corrected chi connectivity index (χ4v) is 3.09. The van der Waals surface area contributed by atoms with Crippen molar-refractivity contribution in [1.82, 2.24) is 15.4 Å². The summed E-state index contributed by atoms with van der Waals surface area (Å²) >= 11 is 0. The van der Waals surface area contributed by atoms with Gasteiger partial charge in [0, 0.05) is 19.5 Å².